The number of hydrogen-bond acceptors (Lipinski definition) is 5. The first-order valence-electron chi connectivity index (χ1n) is 7.62. The maximum absolute atomic E-state index is 12.0. The molecule has 3 rings (SSSR count). The van der Waals surface area contributed by atoms with E-state index in [1.807, 2.05) is 37.3 Å². The molecular weight excluding hydrogens is 306 g/mol. The van der Waals surface area contributed by atoms with E-state index in [1.54, 1.807) is 25.6 Å². The summed E-state index contributed by atoms with van der Waals surface area (Å²) in [5.74, 6) is 0.479. The number of nitrogens with one attached hydrogen (secondary N) is 3. The Kier molecular flexibility index (Phi) is 4.83. The molecule has 7 nitrogen and oxygen atoms in total. The van der Waals surface area contributed by atoms with Crippen LogP contribution < -0.4 is 16.2 Å². The topological polar surface area (TPSA) is 87.6 Å². The molecule has 1 aromatic carbocycles. The molecule has 0 saturated carbocycles. The Hall–Kier alpha value is -2.77. The number of hydrazine groups is 1. The molecule has 2 heterocycles. The highest BCUT2D eigenvalue weighted by Gasteiger charge is 2.22. The molecule has 0 aliphatic carbocycles. The third-order valence-corrected chi connectivity index (χ3v) is 3.77. The maximum Gasteiger partial charge on any atom is 0.346 e. The third kappa shape index (κ3) is 3.58. The van der Waals surface area contributed by atoms with E-state index < -0.39 is 6.03 Å². The van der Waals surface area contributed by atoms with Gasteiger partial charge in [-0.2, -0.15) is 0 Å². The third-order valence-electron chi connectivity index (χ3n) is 3.77. The smallest absolute Gasteiger partial charge is 0.346 e. The van der Waals surface area contributed by atoms with Gasteiger partial charge >= 0.3 is 6.03 Å². The number of benzene rings is 1. The van der Waals surface area contributed by atoms with Crippen molar-refractivity contribution in [1.82, 2.24) is 10.4 Å². The van der Waals surface area contributed by atoms with E-state index in [-0.39, 0.29) is 12.1 Å². The summed E-state index contributed by atoms with van der Waals surface area (Å²) < 4.78 is 5.24. The number of aliphatic imine (C=N–C) groups is 1. The van der Waals surface area contributed by atoms with Crippen LogP contribution in [0.25, 0.3) is 0 Å². The van der Waals surface area contributed by atoms with Crippen LogP contribution in [0.15, 0.2) is 47.6 Å². The molecule has 1 aliphatic heterocycles. The number of fused-ring (bicyclic) bond motifs is 1. The molecule has 1 aromatic heterocycles. The lowest BCUT2D eigenvalue weighted by Crippen LogP contribution is -2.19. The van der Waals surface area contributed by atoms with E-state index in [4.69, 9.17) is 4.74 Å². The number of amides is 2. The van der Waals surface area contributed by atoms with E-state index in [9.17, 15) is 4.79 Å². The molecule has 2 aromatic rings. The Bertz CT molecular complexity index is 748. The molecule has 1 aliphatic rings. The Morgan fingerprint density at radius 3 is 2.96 bits per heavy atom. The lowest BCUT2D eigenvalue weighted by molar-refractivity contribution is 0.0881. The van der Waals surface area contributed by atoms with Gasteiger partial charge in [0.25, 0.3) is 0 Å². The minimum absolute atomic E-state index is 0.0539. The van der Waals surface area contributed by atoms with Crippen LogP contribution in [0.2, 0.25) is 0 Å². The summed E-state index contributed by atoms with van der Waals surface area (Å²) in [6.45, 7) is 1.99. The van der Waals surface area contributed by atoms with E-state index in [1.165, 1.54) is 0 Å². The average molecular weight is 325 g/mol. The number of pyridine rings is 1. The van der Waals surface area contributed by atoms with E-state index >= 15 is 0 Å². The standard InChI is InChI=1S/C17H19N5O2/c1-11(12-6-4-3-5-7-12)9-19-17(23)20-15-8-14-13(10-18-15)16(24-2)22-21-14/h3-11,16,21-22H,1-2H3,(H,18,20,23). The summed E-state index contributed by atoms with van der Waals surface area (Å²) in [5, 5.41) is 2.65. The van der Waals surface area contributed by atoms with E-state index in [0.29, 0.717) is 5.82 Å². The zero-order valence-electron chi connectivity index (χ0n) is 13.5. The predicted octanol–water partition coefficient (Wildman–Crippen LogP) is 3.06. The van der Waals surface area contributed by atoms with Gasteiger partial charge in [-0.1, -0.05) is 37.3 Å². The number of methoxy groups -OCH3 is 1. The second-order valence-electron chi connectivity index (χ2n) is 5.45. The Labute approximate surface area is 140 Å². The van der Waals surface area contributed by atoms with Crippen LogP contribution >= 0.6 is 0 Å². The van der Waals surface area contributed by atoms with Gasteiger partial charge in [-0.05, 0) is 5.56 Å². The van der Waals surface area contributed by atoms with Gasteiger partial charge in [0.15, 0.2) is 6.23 Å². The molecule has 124 valence electrons. The van der Waals surface area contributed by atoms with Crippen LogP contribution in [0.5, 0.6) is 0 Å². The van der Waals surface area contributed by atoms with Crippen LogP contribution in [-0.2, 0) is 4.74 Å². The summed E-state index contributed by atoms with van der Waals surface area (Å²) >= 11 is 0. The Morgan fingerprint density at radius 1 is 1.42 bits per heavy atom. The molecule has 7 heteroatoms. The van der Waals surface area contributed by atoms with Gasteiger partial charge in [-0.3, -0.25) is 5.32 Å². The summed E-state index contributed by atoms with van der Waals surface area (Å²) in [5.41, 5.74) is 8.74. The fourth-order valence-electron chi connectivity index (χ4n) is 2.42. The second kappa shape index (κ2) is 7.20. The number of nitrogens with zero attached hydrogens (tertiary/aromatic N) is 2. The second-order valence-corrected chi connectivity index (χ2v) is 5.45. The summed E-state index contributed by atoms with van der Waals surface area (Å²) in [6.07, 6.45) is 3.03. The maximum atomic E-state index is 12.0. The van der Waals surface area contributed by atoms with Crippen molar-refractivity contribution >= 4 is 23.8 Å². The lowest BCUT2D eigenvalue weighted by atomic mass is 10.0. The highest BCUT2D eigenvalue weighted by molar-refractivity contribution is 5.95. The van der Waals surface area contributed by atoms with Crippen LogP contribution in [-0.4, -0.2) is 24.3 Å². The van der Waals surface area contributed by atoms with Crippen LogP contribution in [0.3, 0.4) is 0 Å². The molecule has 0 bridgehead atoms. The normalized spacial score (nSPS) is 17.3. The fourth-order valence-corrected chi connectivity index (χ4v) is 2.42. The number of ether oxygens (including phenoxy) is 1. The van der Waals surface area contributed by atoms with E-state index in [2.05, 4.69) is 26.1 Å². The quantitative estimate of drug-likeness (QED) is 0.752. The van der Waals surface area contributed by atoms with Gasteiger partial charge in [0.05, 0.1) is 5.69 Å². The number of carbonyl (C=O) groups is 1. The molecule has 0 radical (unpaired) electrons. The Morgan fingerprint density at radius 2 is 2.21 bits per heavy atom. The Balaban J connectivity index is 1.62. The van der Waals surface area contributed by atoms with Gasteiger partial charge < -0.3 is 10.2 Å². The zero-order chi connectivity index (χ0) is 16.9. The molecule has 2 amide bonds. The summed E-state index contributed by atoms with van der Waals surface area (Å²) in [4.78, 5) is 20.1. The number of anilines is 2. The summed E-state index contributed by atoms with van der Waals surface area (Å²) in [6, 6.07) is 11.2. The van der Waals surface area contributed by atoms with Gasteiger partial charge in [-0.25, -0.2) is 20.2 Å². The van der Waals surface area contributed by atoms with Gasteiger partial charge in [0, 0.05) is 37.1 Å². The fraction of sp³-hybridized carbons (Fsp3) is 0.235. The van der Waals surface area contributed by atoms with Crippen molar-refractivity contribution < 1.29 is 9.53 Å². The molecule has 0 spiro atoms. The van der Waals surface area contributed by atoms with Crippen molar-refractivity contribution in [2.75, 3.05) is 17.9 Å². The number of aromatic nitrogens is 1. The average Bonchev–Trinajstić information content (AvgIpc) is 3.02. The lowest BCUT2D eigenvalue weighted by Gasteiger charge is -2.07. The van der Waals surface area contributed by atoms with Crippen molar-refractivity contribution in [3.05, 3.63) is 53.7 Å². The monoisotopic (exact) mass is 325 g/mol. The van der Waals surface area contributed by atoms with Gasteiger partial charge in [0.1, 0.15) is 5.82 Å². The molecular formula is C17H19N5O2. The van der Waals surface area contributed by atoms with Crippen molar-refractivity contribution in [2.45, 2.75) is 19.1 Å². The first kappa shape index (κ1) is 16.1. The molecule has 24 heavy (non-hydrogen) atoms. The number of carbonyl (C=O) groups excluding carboxylic acids is 1. The predicted molar refractivity (Wildman–Crippen MR) is 93.1 cm³/mol. The van der Waals surface area contributed by atoms with Crippen LogP contribution in [0.4, 0.5) is 16.3 Å². The van der Waals surface area contributed by atoms with Gasteiger partial charge in [-0.15, -0.1) is 0 Å². The highest BCUT2D eigenvalue weighted by Crippen LogP contribution is 2.29. The van der Waals surface area contributed by atoms with Crippen LogP contribution in [0.1, 0.15) is 30.2 Å². The first-order valence-corrected chi connectivity index (χ1v) is 7.62. The number of urea groups is 1. The van der Waals surface area contributed by atoms with Crippen LogP contribution in [0, 0.1) is 0 Å². The zero-order valence-corrected chi connectivity index (χ0v) is 13.5. The first-order chi connectivity index (χ1) is 11.7. The van der Waals surface area contributed by atoms with Crippen molar-refractivity contribution in [3.63, 3.8) is 0 Å². The summed E-state index contributed by atoms with van der Waals surface area (Å²) in [7, 11) is 1.60. The number of hydrogen-bond donors (Lipinski definition) is 3. The molecule has 2 unspecified atom stereocenters. The van der Waals surface area contributed by atoms with E-state index in [0.717, 1.165) is 16.8 Å². The number of rotatable bonds is 4. The SMILES string of the molecule is COC1NNc2cc(NC(=O)N=CC(C)c3ccccc3)ncc21. The van der Waals surface area contributed by atoms with Crippen molar-refractivity contribution in [1.29, 1.82) is 0 Å². The minimum atomic E-state index is -0.459. The van der Waals surface area contributed by atoms with Gasteiger partial charge in [0.2, 0.25) is 0 Å². The van der Waals surface area contributed by atoms with Crippen molar-refractivity contribution in [2.24, 2.45) is 4.99 Å². The largest absolute Gasteiger partial charge is 0.361 e. The molecule has 2 atom stereocenters. The highest BCUT2D eigenvalue weighted by atomic mass is 16.5. The molecule has 0 fully saturated rings. The molecule has 3 N–H and O–H groups in total. The van der Waals surface area contributed by atoms with Crippen molar-refractivity contribution in [3.8, 4) is 0 Å². The minimum Gasteiger partial charge on any atom is -0.361 e. The molecule has 0 saturated heterocycles.